The standard InChI is InChI=1S/C16H24FN3O3S/c1-19(24(22,23)15-6-4-13(17)5-7-15)10-2-3-16(21)20-11-8-14(18)9-12-20/h4-7,14H,2-3,8-12,18H2,1H3. The molecule has 1 aromatic carbocycles. The van der Waals surface area contributed by atoms with Crippen molar-refractivity contribution in [3.63, 3.8) is 0 Å². The van der Waals surface area contributed by atoms with Crippen molar-refractivity contribution in [2.24, 2.45) is 5.73 Å². The molecule has 1 aliphatic rings. The van der Waals surface area contributed by atoms with Gasteiger partial charge in [-0.15, -0.1) is 0 Å². The van der Waals surface area contributed by atoms with Crippen LogP contribution in [0.15, 0.2) is 29.2 Å². The molecule has 0 bridgehead atoms. The number of carbonyl (C=O) groups is 1. The van der Waals surface area contributed by atoms with E-state index in [-0.39, 0.29) is 23.4 Å². The van der Waals surface area contributed by atoms with Gasteiger partial charge in [-0.1, -0.05) is 0 Å². The smallest absolute Gasteiger partial charge is 0.242 e. The molecule has 0 radical (unpaired) electrons. The van der Waals surface area contributed by atoms with Crippen molar-refractivity contribution in [2.75, 3.05) is 26.7 Å². The number of carbonyl (C=O) groups excluding carboxylic acids is 1. The van der Waals surface area contributed by atoms with Crippen LogP contribution in [0.3, 0.4) is 0 Å². The number of hydrogen-bond acceptors (Lipinski definition) is 4. The molecule has 0 aromatic heterocycles. The number of likely N-dealkylation sites (tertiary alicyclic amines) is 1. The molecule has 0 saturated carbocycles. The number of amides is 1. The maximum Gasteiger partial charge on any atom is 0.242 e. The number of nitrogens with two attached hydrogens (primary N) is 1. The Hall–Kier alpha value is -1.51. The van der Waals surface area contributed by atoms with Gasteiger partial charge in [0.25, 0.3) is 0 Å². The molecule has 1 aliphatic heterocycles. The maximum atomic E-state index is 12.9. The average Bonchev–Trinajstić information content (AvgIpc) is 2.55. The number of rotatable bonds is 6. The Kier molecular flexibility index (Phi) is 6.31. The summed E-state index contributed by atoms with van der Waals surface area (Å²) in [7, 11) is -2.20. The first-order chi connectivity index (χ1) is 11.3. The van der Waals surface area contributed by atoms with Gasteiger partial charge < -0.3 is 10.6 Å². The van der Waals surface area contributed by atoms with Gasteiger partial charge in [-0.3, -0.25) is 4.79 Å². The van der Waals surface area contributed by atoms with Crippen LogP contribution >= 0.6 is 0 Å². The highest BCUT2D eigenvalue weighted by molar-refractivity contribution is 7.89. The first-order valence-corrected chi connectivity index (χ1v) is 9.50. The highest BCUT2D eigenvalue weighted by Crippen LogP contribution is 2.16. The zero-order valence-corrected chi connectivity index (χ0v) is 14.6. The lowest BCUT2D eigenvalue weighted by atomic mass is 10.1. The van der Waals surface area contributed by atoms with Crippen LogP contribution in [0.4, 0.5) is 4.39 Å². The summed E-state index contributed by atoms with van der Waals surface area (Å²) in [6.45, 7) is 1.58. The molecule has 1 fully saturated rings. The monoisotopic (exact) mass is 357 g/mol. The summed E-state index contributed by atoms with van der Waals surface area (Å²) < 4.78 is 38.8. The SMILES string of the molecule is CN(CCCC(=O)N1CCC(N)CC1)S(=O)(=O)c1ccc(F)cc1. The fourth-order valence-corrected chi connectivity index (χ4v) is 3.88. The molecule has 0 atom stereocenters. The maximum absolute atomic E-state index is 12.9. The minimum Gasteiger partial charge on any atom is -0.343 e. The van der Waals surface area contributed by atoms with Crippen LogP contribution in [0.25, 0.3) is 0 Å². The van der Waals surface area contributed by atoms with Gasteiger partial charge in [0.1, 0.15) is 5.82 Å². The Bertz CT molecular complexity index is 656. The number of piperidine rings is 1. The minimum atomic E-state index is -3.66. The van der Waals surface area contributed by atoms with E-state index in [0.717, 1.165) is 25.0 Å². The Morgan fingerprint density at radius 1 is 1.29 bits per heavy atom. The zero-order chi connectivity index (χ0) is 17.7. The molecule has 0 spiro atoms. The molecule has 2 N–H and O–H groups in total. The second-order valence-electron chi connectivity index (χ2n) is 6.10. The van der Waals surface area contributed by atoms with Crippen molar-refractivity contribution in [3.8, 4) is 0 Å². The quantitative estimate of drug-likeness (QED) is 0.828. The molecule has 1 heterocycles. The summed E-state index contributed by atoms with van der Waals surface area (Å²) in [5.74, 6) is -0.446. The number of sulfonamides is 1. The van der Waals surface area contributed by atoms with Crippen molar-refractivity contribution in [1.29, 1.82) is 0 Å². The van der Waals surface area contributed by atoms with E-state index >= 15 is 0 Å². The molecule has 2 rings (SSSR count). The van der Waals surface area contributed by atoms with Gasteiger partial charge >= 0.3 is 0 Å². The Morgan fingerprint density at radius 2 is 1.88 bits per heavy atom. The topological polar surface area (TPSA) is 83.7 Å². The predicted octanol–water partition coefficient (Wildman–Crippen LogP) is 1.18. The van der Waals surface area contributed by atoms with Crippen LogP contribution in [0.5, 0.6) is 0 Å². The van der Waals surface area contributed by atoms with Gasteiger partial charge in [-0.2, -0.15) is 0 Å². The van der Waals surface area contributed by atoms with Crippen molar-refractivity contribution >= 4 is 15.9 Å². The molecule has 1 amide bonds. The normalized spacial score (nSPS) is 16.6. The Morgan fingerprint density at radius 3 is 2.46 bits per heavy atom. The first-order valence-electron chi connectivity index (χ1n) is 8.06. The number of hydrogen-bond donors (Lipinski definition) is 1. The first kappa shape index (κ1) is 18.8. The van der Waals surface area contributed by atoms with Gasteiger partial charge in [0.2, 0.25) is 15.9 Å². The minimum absolute atomic E-state index is 0.0366. The van der Waals surface area contributed by atoms with Gasteiger partial charge in [0.15, 0.2) is 0 Å². The van der Waals surface area contributed by atoms with Crippen molar-refractivity contribution in [2.45, 2.75) is 36.6 Å². The van der Waals surface area contributed by atoms with Gasteiger partial charge in [0.05, 0.1) is 4.90 Å². The summed E-state index contributed by atoms with van der Waals surface area (Å²) in [4.78, 5) is 14.0. The van der Waals surface area contributed by atoms with Crippen LogP contribution in [0.1, 0.15) is 25.7 Å². The summed E-state index contributed by atoms with van der Waals surface area (Å²) >= 11 is 0. The van der Waals surface area contributed by atoms with Crippen LogP contribution in [0.2, 0.25) is 0 Å². The zero-order valence-electron chi connectivity index (χ0n) is 13.8. The van der Waals surface area contributed by atoms with Crippen LogP contribution in [0, 0.1) is 5.82 Å². The molecule has 1 saturated heterocycles. The summed E-state index contributed by atoms with van der Waals surface area (Å²) in [6, 6.07) is 4.88. The summed E-state index contributed by atoms with van der Waals surface area (Å²) in [5.41, 5.74) is 5.81. The van der Waals surface area contributed by atoms with Crippen molar-refractivity contribution < 1.29 is 17.6 Å². The van der Waals surface area contributed by atoms with E-state index in [1.165, 1.54) is 23.5 Å². The third-order valence-electron chi connectivity index (χ3n) is 4.28. The average molecular weight is 357 g/mol. The van der Waals surface area contributed by atoms with E-state index in [1.54, 1.807) is 4.90 Å². The predicted molar refractivity (Wildman–Crippen MR) is 89.2 cm³/mol. The highest BCUT2D eigenvalue weighted by Gasteiger charge is 2.23. The van der Waals surface area contributed by atoms with Crippen LogP contribution in [-0.2, 0) is 14.8 Å². The second-order valence-corrected chi connectivity index (χ2v) is 8.15. The fourth-order valence-electron chi connectivity index (χ4n) is 2.67. The summed E-state index contributed by atoms with van der Waals surface area (Å²) in [6.07, 6.45) is 2.37. The summed E-state index contributed by atoms with van der Waals surface area (Å²) in [5, 5.41) is 0. The molecule has 134 valence electrons. The fraction of sp³-hybridized carbons (Fsp3) is 0.562. The van der Waals surface area contributed by atoms with Crippen LogP contribution in [-0.4, -0.2) is 56.3 Å². The third-order valence-corrected chi connectivity index (χ3v) is 6.15. The molecule has 24 heavy (non-hydrogen) atoms. The third kappa shape index (κ3) is 4.75. The highest BCUT2D eigenvalue weighted by atomic mass is 32.2. The number of nitrogens with zero attached hydrogens (tertiary/aromatic N) is 2. The van der Waals surface area contributed by atoms with E-state index < -0.39 is 15.8 Å². The lowest BCUT2D eigenvalue weighted by Crippen LogP contribution is -2.43. The number of halogens is 1. The van der Waals surface area contributed by atoms with E-state index in [1.807, 2.05) is 0 Å². The lowest BCUT2D eigenvalue weighted by Gasteiger charge is -2.30. The molecule has 1 aromatic rings. The van der Waals surface area contributed by atoms with E-state index in [9.17, 15) is 17.6 Å². The molecule has 0 unspecified atom stereocenters. The molecular weight excluding hydrogens is 333 g/mol. The number of benzene rings is 1. The largest absolute Gasteiger partial charge is 0.343 e. The molecular formula is C16H24FN3O3S. The van der Waals surface area contributed by atoms with E-state index in [4.69, 9.17) is 5.73 Å². The second kappa shape index (κ2) is 8.04. The Labute approximate surface area is 142 Å². The molecule has 0 aliphatic carbocycles. The van der Waals surface area contributed by atoms with Gasteiger partial charge in [0, 0.05) is 39.1 Å². The lowest BCUT2D eigenvalue weighted by molar-refractivity contribution is -0.132. The van der Waals surface area contributed by atoms with Gasteiger partial charge in [-0.25, -0.2) is 17.1 Å². The molecule has 8 heteroatoms. The van der Waals surface area contributed by atoms with Crippen LogP contribution < -0.4 is 5.73 Å². The molecule has 6 nitrogen and oxygen atoms in total. The Balaban J connectivity index is 1.83. The van der Waals surface area contributed by atoms with Crippen molar-refractivity contribution in [3.05, 3.63) is 30.1 Å². The van der Waals surface area contributed by atoms with Gasteiger partial charge in [-0.05, 0) is 43.5 Å². The van der Waals surface area contributed by atoms with E-state index in [2.05, 4.69) is 0 Å². The van der Waals surface area contributed by atoms with Crippen molar-refractivity contribution in [1.82, 2.24) is 9.21 Å². The van der Waals surface area contributed by atoms with E-state index in [0.29, 0.717) is 25.9 Å².